The van der Waals surface area contributed by atoms with E-state index in [1.165, 1.54) is 5.56 Å². The zero-order valence-corrected chi connectivity index (χ0v) is 18.3. The van der Waals surface area contributed by atoms with Crippen LogP contribution in [0.2, 0.25) is 0 Å². The molecule has 1 aliphatic heterocycles. The number of nitrogens with zero attached hydrogens (tertiary/aromatic N) is 3. The first-order valence-electron chi connectivity index (χ1n) is 10.6. The van der Waals surface area contributed by atoms with Gasteiger partial charge in [-0.2, -0.15) is 5.10 Å². The molecule has 2 unspecified atom stereocenters. The van der Waals surface area contributed by atoms with Gasteiger partial charge in [-0.25, -0.2) is 4.79 Å². The fourth-order valence-corrected chi connectivity index (χ4v) is 3.53. The number of para-hydroxylation sites is 1. The Bertz CT molecular complexity index is 900. The SMILES string of the molecule is CCOC(=O)C1=NN(c2ccccc2)C(C(=O)NCC(Cc2ccccc2)N(C)C)C1. The molecule has 0 saturated carbocycles. The molecular weight excluding hydrogens is 392 g/mol. The molecule has 0 aliphatic carbocycles. The van der Waals surface area contributed by atoms with E-state index in [9.17, 15) is 9.59 Å². The highest BCUT2D eigenvalue weighted by atomic mass is 16.5. The Hall–Kier alpha value is -3.19. The largest absolute Gasteiger partial charge is 0.461 e. The van der Waals surface area contributed by atoms with Crippen molar-refractivity contribution in [2.24, 2.45) is 5.10 Å². The molecule has 164 valence electrons. The number of anilines is 1. The van der Waals surface area contributed by atoms with Gasteiger partial charge in [-0.1, -0.05) is 48.5 Å². The van der Waals surface area contributed by atoms with Crippen molar-refractivity contribution in [3.05, 3.63) is 66.2 Å². The molecule has 0 fully saturated rings. The number of hydrazone groups is 1. The van der Waals surface area contributed by atoms with E-state index in [0.717, 1.165) is 12.1 Å². The van der Waals surface area contributed by atoms with Crippen LogP contribution in [-0.4, -0.2) is 61.8 Å². The van der Waals surface area contributed by atoms with Crippen LogP contribution in [0.5, 0.6) is 0 Å². The van der Waals surface area contributed by atoms with Crippen molar-refractivity contribution in [2.75, 3.05) is 32.3 Å². The molecule has 2 aromatic carbocycles. The van der Waals surface area contributed by atoms with Crippen molar-refractivity contribution in [1.29, 1.82) is 0 Å². The number of carbonyl (C=O) groups is 2. The van der Waals surface area contributed by atoms with Crippen LogP contribution in [-0.2, 0) is 20.7 Å². The molecular formula is C24H30N4O3. The second kappa shape index (κ2) is 10.7. The van der Waals surface area contributed by atoms with Crippen molar-refractivity contribution < 1.29 is 14.3 Å². The lowest BCUT2D eigenvalue weighted by Crippen LogP contribution is -2.48. The molecule has 2 atom stereocenters. The van der Waals surface area contributed by atoms with Gasteiger partial charge < -0.3 is 15.0 Å². The molecule has 7 nitrogen and oxygen atoms in total. The van der Waals surface area contributed by atoms with Gasteiger partial charge in [-0.15, -0.1) is 0 Å². The lowest BCUT2D eigenvalue weighted by molar-refractivity contribution is -0.135. The van der Waals surface area contributed by atoms with E-state index in [1.54, 1.807) is 11.9 Å². The van der Waals surface area contributed by atoms with Gasteiger partial charge in [-0.3, -0.25) is 9.80 Å². The molecule has 0 bridgehead atoms. The third kappa shape index (κ3) is 5.92. The molecule has 1 N–H and O–H groups in total. The first-order chi connectivity index (χ1) is 15.0. The zero-order chi connectivity index (χ0) is 22.2. The van der Waals surface area contributed by atoms with Gasteiger partial charge in [0.25, 0.3) is 0 Å². The highest BCUT2D eigenvalue weighted by Gasteiger charge is 2.37. The van der Waals surface area contributed by atoms with Crippen LogP contribution < -0.4 is 10.3 Å². The average Bonchev–Trinajstić information content (AvgIpc) is 3.23. The van der Waals surface area contributed by atoms with E-state index in [1.807, 2.05) is 62.6 Å². The summed E-state index contributed by atoms with van der Waals surface area (Å²) in [6.07, 6.45) is 1.04. The van der Waals surface area contributed by atoms with E-state index in [4.69, 9.17) is 4.74 Å². The molecule has 0 radical (unpaired) electrons. The van der Waals surface area contributed by atoms with Crippen LogP contribution in [0.4, 0.5) is 5.69 Å². The second-order valence-electron chi connectivity index (χ2n) is 7.72. The molecule has 2 aromatic rings. The van der Waals surface area contributed by atoms with Gasteiger partial charge >= 0.3 is 5.97 Å². The summed E-state index contributed by atoms with van der Waals surface area (Å²) in [4.78, 5) is 27.5. The van der Waals surface area contributed by atoms with Crippen molar-refractivity contribution in [1.82, 2.24) is 10.2 Å². The second-order valence-corrected chi connectivity index (χ2v) is 7.72. The van der Waals surface area contributed by atoms with Gasteiger partial charge in [0.1, 0.15) is 11.8 Å². The summed E-state index contributed by atoms with van der Waals surface area (Å²) in [5, 5.41) is 9.10. The number of benzene rings is 2. The maximum Gasteiger partial charge on any atom is 0.354 e. The monoisotopic (exact) mass is 422 g/mol. The van der Waals surface area contributed by atoms with E-state index >= 15 is 0 Å². The summed E-state index contributed by atoms with van der Waals surface area (Å²) in [5.74, 6) is -0.638. The number of carbonyl (C=O) groups excluding carboxylic acids is 2. The van der Waals surface area contributed by atoms with E-state index in [2.05, 4.69) is 27.5 Å². The van der Waals surface area contributed by atoms with E-state index in [-0.39, 0.29) is 30.7 Å². The third-order valence-corrected chi connectivity index (χ3v) is 5.30. The predicted molar refractivity (Wildman–Crippen MR) is 122 cm³/mol. The van der Waals surface area contributed by atoms with Gasteiger partial charge in [0.15, 0.2) is 0 Å². The number of rotatable bonds is 9. The Balaban J connectivity index is 1.70. The van der Waals surface area contributed by atoms with Crippen molar-refractivity contribution in [3.8, 4) is 0 Å². The zero-order valence-electron chi connectivity index (χ0n) is 18.3. The Kier molecular flexibility index (Phi) is 7.78. The van der Waals surface area contributed by atoms with Crippen LogP contribution in [0, 0.1) is 0 Å². The minimum atomic E-state index is -0.596. The third-order valence-electron chi connectivity index (χ3n) is 5.30. The fourth-order valence-electron chi connectivity index (χ4n) is 3.53. The Morgan fingerprint density at radius 2 is 1.77 bits per heavy atom. The fraction of sp³-hybridized carbons (Fsp3) is 0.375. The summed E-state index contributed by atoms with van der Waals surface area (Å²) in [5.41, 5.74) is 2.24. The quantitative estimate of drug-likeness (QED) is 0.629. The maximum absolute atomic E-state index is 13.1. The summed E-state index contributed by atoms with van der Waals surface area (Å²) in [6, 6.07) is 19.2. The van der Waals surface area contributed by atoms with Gasteiger partial charge in [0, 0.05) is 19.0 Å². The van der Waals surface area contributed by atoms with Crippen LogP contribution >= 0.6 is 0 Å². The summed E-state index contributed by atoms with van der Waals surface area (Å²) in [7, 11) is 4.02. The summed E-state index contributed by atoms with van der Waals surface area (Å²) < 4.78 is 5.10. The highest BCUT2D eigenvalue weighted by molar-refractivity contribution is 6.38. The van der Waals surface area contributed by atoms with E-state index in [0.29, 0.717) is 6.54 Å². The summed E-state index contributed by atoms with van der Waals surface area (Å²) in [6.45, 7) is 2.51. The minimum Gasteiger partial charge on any atom is -0.461 e. The molecule has 1 amide bonds. The van der Waals surface area contributed by atoms with Gasteiger partial charge in [0.05, 0.1) is 12.3 Å². The molecule has 0 saturated heterocycles. The van der Waals surface area contributed by atoms with Crippen molar-refractivity contribution >= 4 is 23.3 Å². The minimum absolute atomic E-state index is 0.142. The molecule has 1 aliphatic rings. The maximum atomic E-state index is 13.1. The lowest BCUT2D eigenvalue weighted by atomic mass is 10.0. The van der Waals surface area contributed by atoms with E-state index < -0.39 is 12.0 Å². The van der Waals surface area contributed by atoms with Crippen LogP contribution in [0.15, 0.2) is 65.8 Å². The number of ether oxygens (including phenoxy) is 1. The Labute approximate surface area is 183 Å². The van der Waals surface area contributed by atoms with Crippen LogP contribution in [0.3, 0.4) is 0 Å². The van der Waals surface area contributed by atoms with Crippen LogP contribution in [0.25, 0.3) is 0 Å². The topological polar surface area (TPSA) is 74.2 Å². The number of esters is 1. The number of likely N-dealkylation sites (N-methyl/N-ethyl adjacent to an activating group) is 1. The number of hydrogen-bond acceptors (Lipinski definition) is 6. The number of amides is 1. The van der Waals surface area contributed by atoms with Gasteiger partial charge in [0.2, 0.25) is 5.91 Å². The molecule has 0 aromatic heterocycles. The van der Waals surface area contributed by atoms with Crippen molar-refractivity contribution in [3.63, 3.8) is 0 Å². The molecule has 0 spiro atoms. The summed E-state index contributed by atoms with van der Waals surface area (Å²) >= 11 is 0. The Morgan fingerprint density at radius 3 is 2.39 bits per heavy atom. The average molecular weight is 423 g/mol. The van der Waals surface area contributed by atoms with Gasteiger partial charge in [-0.05, 0) is 45.1 Å². The molecule has 3 rings (SSSR count). The number of hydrogen-bond donors (Lipinski definition) is 1. The predicted octanol–water partition coefficient (Wildman–Crippen LogP) is 2.47. The smallest absolute Gasteiger partial charge is 0.354 e. The molecule has 1 heterocycles. The first kappa shape index (κ1) is 22.5. The van der Waals surface area contributed by atoms with Crippen LogP contribution in [0.1, 0.15) is 18.9 Å². The lowest BCUT2D eigenvalue weighted by Gasteiger charge is -2.27. The molecule has 7 heteroatoms. The number of nitrogens with one attached hydrogen (secondary N) is 1. The Morgan fingerprint density at radius 1 is 1.13 bits per heavy atom. The molecule has 31 heavy (non-hydrogen) atoms. The normalized spacial score (nSPS) is 16.7. The standard InChI is InChI=1S/C24H30N4O3/c1-4-31-24(30)21-16-22(28(26-21)19-13-9-6-10-14-19)23(29)25-17-20(27(2)3)15-18-11-7-5-8-12-18/h5-14,20,22H,4,15-17H2,1-3H3,(H,25,29). The highest BCUT2D eigenvalue weighted by Crippen LogP contribution is 2.25. The van der Waals surface area contributed by atoms with Crippen molar-refractivity contribution in [2.45, 2.75) is 31.8 Å². The first-order valence-corrected chi connectivity index (χ1v) is 10.6.